The molecule has 2 N–H and O–H groups in total. The number of nitrogens with zero attached hydrogens (tertiary/aromatic N) is 3. The molecule has 0 saturated carbocycles. The Hall–Kier alpha value is -2.58. The number of anilines is 1. The molecule has 4 nitrogen and oxygen atoms in total. The van der Waals surface area contributed by atoms with Gasteiger partial charge in [0.2, 0.25) is 5.95 Å². The van der Waals surface area contributed by atoms with Crippen LogP contribution in [-0.2, 0) is 0 Å². The van der Waals surface area contributed by atoms with Crippen molar-refractivity contribution < 1.29 is 4.39 Å². The van der Waals surface area contributed by atoms with E-state index in [4.69, 9.17) is 22.6 Å². The summed E-state index contributed by atoms with van der Waals surface area (Å²) in [5.41, 5.74) is 7.87. The van der Waals surface area contributed by atoms with E-state index < -0.39 is 5.82 Å². The molecule has 1 heterocycles. The Bertz CT molecular complexity index is 863. The van der Waals surface area contributed by atoms with Crippen LogP contribution in [0.25, 0.3) is 16.7 Å². The maximum absolute atomic E-state index is 13.2. The highest BCUT2D eigenvalue weighted by atomic mass is 35.5. The molecule has 0 fully saturated rings. The van der Waals surface area contributed by atoms with Crippen LogP contribution in [0.5, 0.6) is 0 Å². The van der Waals surface area contributed by atoms with Crippen molar-refractivity contribution in [3.05, 3.63) is 52.8 Å². The summed E-state index contributed by atoms with van der Waals surface area (Å²) in [6.07, 6.45) is 0. The van der Waals surface area contributed by atoms with Crippen LogP contribution < -0.4 is 5.73 Å². The van der Waals surface area contributed by atoms with E-state index in [0.29, 0.717) is 21.7 Å². The Morgan fingerprint density at radius 1 is 1.25 bits per heavy atom. The SMILES string of the molecule is N#Cc1cc(F)ccc1-n1c(N)nc2ccc(Cl)cc21. The van der Waals surface area contributed by atoms with E-state index in [2.05, 4.69) is 4.98 Å². The van der Waals surface area contributed by atoms with Crippen LogP contribution in [0.15, 0.2) is 36.4 Å². The fourth-order valence-corrected chi connectivity index (χ4v) is 2.28. The number of aromatic nitrogens is 2. The summed E-state index contributed by atoms with van der Waals surface area (Å²) < 4.78 is 14.8. The summed E-state index contributed by atoms with van der Waals surface area (Å²) in [6.45, 7) is 0. The first kappa shape index (κ1) is 12.5. The zero-order chi connectivity index (χ0) is 14.3. The summed E-state index contributed by atoms with van der Waals surface area (Å²) in [6, 6.07) is 11.0. The molecule has 98 valence electrons. The lowest BCUT2D eigenvalue weighted by Crippen LogP contribution is -2.03. The number of nitrogen functional groups attached to an aromatic ring is 1. The normalized spacial score (nSPS) is 10.7. The molecule has 0 bridgehead atoms. The molecule has 0 radical (unpaired) electrons. The van der Waals surface area contributed by atoms with Gasteiger partial charge in [-0.3, -0.25) is 4.57 Å². The molecule has 20 heavy (non-hydrogen) atoms. The largest absolute Gasteiger partial charge is 0.369 e. The fourth-order valence-electron chi connectivity index (χ4n) is 2.11. The second kappa shape index (κ2) is 4.51. The number of fused-ring (bicyclic) bond motifs is 1. The highest BCUT2D eigenvalue weighted by Crippen LogP contribution is 2.27. The molecule has 1 aromatic heterocycles. The third kappa shape index (κ3) is 1.87. The molecule has 3 aromatic rings. The van der Waals surface area contributed by atoms with E-state index in [0.717, 1.165) is 6.07 Å². The molecule has 2 aromatic carbocycles. The van der Waals surface area contributed by atoms with Gasteiger partial charge in [0.05, 0.1) is 22.3 Å². The quantitative estimate of drug-likeness (QED) is 0.746. The molecule has 0 amide bonds. The lowest BCUT2D eigenvalue weighted by molar-refractivity contribution is 0.627. The van der Waals surface area contributed by atoms with Gasteiger partial charge in [-0.1, -0.05) is 11.6 Å². The minimum absolute atomic E-state index is 0.177. The topological polar surface area (TPSA) is 67.6 Å². The average molecular weight is 287 g/mol. The van der Waals surface area contributed by atoms with E-state index in [1.54, 1.807) is 22.8 Å². The van der Waals surface area contributed by atoms with Crippen LogP contribution in [-0.4, -0.2) is 9.55 Å². The highest BCUT2D eigenvalue weighted by Gasteiger charge is 2.14. The molecule has 6 heteroatoms. The molecular weight excluding hydrogens is 279 g/mol. The summed E-state index contributed by atoms with van der Waals surface area (Å²) in [5, 5.41) is 9.67. The number of hydrogen-bond acceptors (Lipinski definition) is 3. The summed E-state index contributed by atoms with van der Waals surface area (Å²) in [7, 11) is 0. The van der Waals surface area contributed by atoms with Gasteiger partial charge < -0.3 is 5.73 Å². The third-order valence-corrected chi connectivity index (χ3v) is 3.20. The number of hydrogen-bond donors (Lipinski definition) is 1. The van der Waals surface area contributed by atoms with Crippen molar-refractivity contribution >= 4 is 28.6 Å². The Morgan fingerprint density at radius 3 is 2.80 bits per heavy atom. The summed E-state index contributed by atoms with van der Waals surface area (Å²) in [5.74, 6) is -0.267. The summed E-state index contributed by atoms with van der Waals surface area (Å²) in [4.78, 5) is 4.21. The molecule has 0 atom stereocenters. The van der Waals surface area contributed by atoms with Gasteiger partial charge in [-0.2, -0.15) is 5.26 Å². The van der Waals surface area contributed by atoms with Crippen LogP contribution in [0.2, 0.25) is 5.02 Å². The Labute approximate surface area is 118 Å². The van der Waals surface area contributed by atoms with Crippen molar-refractivity contribution in [2.24, 2.45) is 0 Å². The Morgan fingerprint density at radius 2 is 2.05 bits per heavy atom. The molecule has 0 aliphatic heterocycles. The van der Waals surface area contributed by atoms with E-state index in [1.165, 1.54) is 12.1 Å². The van der Waals surface area contributed by atoms with Crippen LogP contribution in [0.3, 0.4) is 0 Å². The predicted octanol–water partition coefficient (Wildman–Crippen LogP) is 3.27. The van der Waals surface area contributed by atoms with Crippen molar-refractivity contribution in [3.63, 3.8) is 0 Å². The minimum Gasteiger partial charge on any atom is -0.369 e. The molecule has 0 spiro atoms. The lowest BCUT2D eigenvalue weighted by atomic mass is 10.2. The molecule has 3 rings (SSSR count). The van der Waals surface area contributed by atoms with Gasteiger partial charge >= 0.3 is 0 Å². The smallest absolute Gasteiger partial charge is 0.205 e. The maximum atomic E-state index is 13.2. The first-order valence-electron chi connectivity index (χ1n) is 5.73. The van der Waals surface area contributed by atoms with Gasteiger partial charge in [-0.25, -0.2) is 9.37 Å². The van der Waals surface area contributed by atoms with Crippen LogP contribution in [0, 0.1) is 17.1 Å². The average Bonchev–Trinajstić information content (AvgIpc) is 2.74. The van der Waals surface area contributed by atoms with Crippen molar-refractivity contribution in [2.75, 3.05) is 5.73 Å². The van der Waals surface area contributed by atoms with Crippen LogP contribution in [0.1, 0.15) is 5.56 Å². The van der Waals surface area contributed by atoms with E-state index >= 15 is 0 Å². The Kier molecular flexibility index (Phi) is 2.81. The zero-order valence-corrected chi connectivity index (χ0v) is 10.9. The number of nitrogens with two attached hydrogens (primary N) is 1. The van der Waals surface area contributed by atoms with Crippen molar-refractivity contribution in [3.8, 4) is 11.8 Å². The monoisotopic (exact) mass is 286 g/mol. The van der Waals surface area contributed by atoms with Crippen LogP contribution in [0.4, 0.5) is 10.3 Å². The number of imidazole rings is 1. The Balaban J connectivity index is 2.38. The number of halogens is 2. The predicted molar refractivity (Wildman–Crippen MR) is 75.2 cm³/mol. The molecule has 0 unspecified atom stereocenters. The summed E-state index contributed by atoms with van der Waals surface area (Å²) >= 11 is 5.98. The second-order valence-corrected chi connectivity index (χ2v) is 4.65. The van der Waals surface area contributed by atoms with Gasteiger partial charge in [-0.15, -0.1) is 0 Å². The van der Waals surface area contributed by atoms with Gasteiger partial charge in [-0.05, 0) is 36.4 Å². The van der Waals surface area contributed by atoms with Gasteiger partial charge in [0.25, 0.3) is 0 Å². The molecule has 0 saturated heterocycles. The minimum atomic E-state index is -0.480. The first-order chi connectivity index (χ1) is 9.60. The molecule has 0 aliphatic rings. The van der Waals surface area contributed by atoms with E-state index in [-0.39, 0.29) is 11.5 Å². The fraction of sp³-hybridized carbons (Fsp3) is 0. The van der Waals surface area contributed by atoms with Crippen LogP contribution >= 0.6 is 11.6 Å². The first-order valence-corrected chi connectivity index (χ1v) is 6.11. The van der Waals surface area contributed by atoms with Gasteiger partial charge in [0, 0.05) is 5.02 Å². The maximum Gasteiger partial charge on any atom is 0.205 e. The second-order valence-electron chi connectivity index (χ2n) is 4.21. The molecular formula is C14H8ClFN4. The number of rotatable bonds is 1. The van der Waals surface area contributed by atoms with E-state index in [1.807, 2.05) is 6.07 Å². The van der Waals surface area contributed by atoms with Crippen molar-refractivity contribution in [1.29, 1.82) is 5.26 Å². The molecule has 0 aliphatic carbocycles. The van der Waals surface area contributed by atoms with Gasteiger partial charge in [0.1, 0.15) is 11.9 Å². The lowest BCUT2D eigenvalue weighted by Gasteiger charge is -2.08. The van der Waals surface area contributed by atoms with Gasteiger partial charge in [0.15, 0.2) is 0 Å². The third-order valence-electron chi connectivity index (χ3n) is 2.96. The van der Waals surface area contributed by atoms with Crippen molar-refractivity contribution in [2.45, 2.75) is 0 Å². The highest BCUT2D eigenvalue weighted by molar-refractivity contribution is 6.31. The zero-order valence-electron chi connectivity index (χ0n) is 10.1. The van der Waals surface area contributed by atoms with Crippen molar-refractivity contribution in [1.82, 2.24) is 9.55 Å². The number of benzene rings is 2. The van der Waals surface area contributed by atoms with E-state index in [9.17, 15) is 4.39 Å². The standard InChI is InChI=1S/C14H8ClFN4/c15-9-1-3-11-13(6-9)20(14(18)19-11)12-4-2-10(16)5-8(12)7-17/h1-6H,(H2,18,19). The number of nitriles is 1.